The molecular formula is C19H13N3O2S. The normalized spacial score (nSPS) is 14.4. The molecule has 1 atom stereocenters. The summed E-state index contributed by atoms with van der Waals surface area (Å²) >= 11 is 1.37. The first kappa shape index (κ1) is 15.5. The van der Waals surface area contributed by atoms with Crippen LogP contribution in [0.25, 0.3) is 10.2 Å². The largest absolute Gasteiger partial charge is 0.326 e. The molecule has 1 amide bonds. The molecule has 4 rings (SSSR count). The molecule has 1 aromatic heterocycles. The van der Waals surface area contributed by atoms with Crippen LogP contribution in [-0.2, 0) is 11.2 Å². The number of nitriles is 1. The highest BCUT2D eigenvalue weighted by atomic mass is 32.1. The highest BCUT2D eigenvalue weighted by Crippen LogP contribution is 2.31. The van der Waals surface area contributed by atoms with E-state index in [2.05, 4.69) is 16.4 Å². The van der Waals surface area contributed by atoms with Gasteiger partial charge in [-0.15, -0.1) is 11.3 Å². The number of rotatable bonds is 3. The minimum atomic E-state index is -0.923. The number of ketones is 1. The fourth-order valence-electron chi connectivity index (χ4n) is 2.94. The number of amides is 1. The lowest BCUT2D eigenvalue weighted by Crippen LogP contribution is -2.20. The van der Waals surface area contributed by atoms with Gasteiger partial charge in [0, 0.05) is 17.7 Å². The number of nitrogens with one attached hydrogen (secondary N) is 1. The third-order valence-corrected chi connectivity index (χ3v) is 5.34. The smallest absolute Gasteiger partial charge is 0.224 e. The topological polar surface area (TPSA) is 82.8 Å². The Bertz CT molecular complexity index is 1020. The first-order valence-electron chi connectivity index (χ1n) is 7.88. The Hall–Kier alpha value is -3.04. The van der Waals surface area contributed by atoms with Crippen LogP contribution in [0.5, 0.6) is 0 Å². The van der Waals surface area contributed by atoms with Crippen LogP contribution in [0.2, 0.25) is 0 Å². The molecule has 0 saturated heterocycles. The van der Waals surface area contributed by atoms with E-state index < -0.39 is 5.92 Å². The van der Waals surface area contributed by atoms with Crippen LogP contribution >= 0.6 is 11.3 Å². The van der Waals surface area contributed by atoms with Crippen molar-refractivity contribution in [3.8, 4) is 6.07 Å². The summed E-state index contributed by atoms with van der Waals surface area (Å²) in [6.45, 7) is 0. The first-order chi connectivity index (χ1) is 12.2. The quantitative estimate of drug-likeness (QED) is 0.733. The van der Waals surface area contributed by atoms with Gasteiger partial charge in [0.15, 0.2) is 11.7 Å². The van der Waals surface area contributed by atoms with Crippen LogP contribution in [0.3, 0.4) is 0 Å². The zero-order valence-electron chi connectivity index (χ0n) is 13.2. The van der Waals surface area contributed by atoms with Gasteiger partial charge in [0.25, 0.3) is 0 Å². The number of hydrogen-bond donors (Lipinski definition) is 1. The van der Waals surface area contributed by atoms with Crippen LogP contribution in [-0.4, -0.2) is 16.7 Å². The lowest BCUT2D eigenvalue weighted by atomic mass is 9.94. The van der Waals surface area contributed by atoms with Gasteiger partial charge in [0.05, 0.1) is 16.3 Å². The van der Waals surface area contributed by atoms with Crippen molar-refractivity contribution < 1.29 is 9.59 Å². The highest BCUT2D eigenvalue weighted by molar-refractivity contribution is 7.18. The minimum absolute atomic E-state index is 0.0176. The van der Waals surface area contributed by atoms with E-state index in [9.17, 15) is 14.9 Å². The van der Waals surface area contributed by atoms with E-state index in [1.165, 1.54) is 11.3 Å². The summed E-state index contributed by atoms with van der Waals surface area (Å²) in [5, 5.41) is 12.9. The molecule has 5 nitrogen and oxygen atoms in total. The number of carbonyl (C=O) groups is 2. The number of nitrogens with zero attached hydrogens (tertiary/aromatic N) is 2. The number of Topliss-reactive ketones (excluding diaryl/α,β-unsaturated/α-hetero) is 1. The van der Waals surface area contributed by atoms with Gasteiger partial charge < -0.3 is 5.32 Å². The van der Waals surface area contributed by atoms with E-state index in [-0.39, 0.29) is 11.7 Å². The van der Waals surface area contributed by atoms with Crippen LogP contribution < -0.4 is 5.32 Å². The Morgan fingerprint density at radius 3 is 2.88 bits per heavy atom. The molecule has 0 radical (unpaired) electrons. The van der Waals surface area contributed by atoms with Gasteiger partial charge in [-0.2, -0.15) is 5.26 Å². The molecule has 1 aliphatic rings. The Morgan fingerprint density at radius 2 is 2.08 bits per heavy atom. The predicted octanol–water partition coefficient (Wildman–Crippen LogP) is 3.67. The summed E-state index contributed by atoms with van der Waals surface area (Å²) in [7, 11) is 0. The molecule has 0 bridgehead atoms. The van der Waals surface area contributed by atoms with Crippen molar-refractivity contribution in [2.75, 3.05) is 5.32 Å². The standard InChI is InChI=1S/C19H13N3O2S/c20-10-13(19-22-15-3-1-2-4-16(15)25-19)18(24)12-5-7-14-11(9-12)6-8-17(23)21-14/h1-5,7,9,13H,6,8H2,(H,21,23)/t13-/m1/s1. The van der Waals surface area contributed by atoms with Crippen molar-refractivity contribution in [3.63, 3.8) is 0 Å². The molecule has 6 heteroatoms. The summed E-state index contributed by atoms with van der Waals surface area (Å²) in [5.74, 6) is -1.20. The Balaban J connectivity index is 1.69. The summed E-state index contributed by atoms with van der Waals surface area (Å²) < 4.78 is 0.957. The molecule has 0 saturated carbocycles. The van der Waals surface area contributed by atoms with Gasteiger partial charge >= 0.3 is 0 Å². The monoisotopic (exact) mass is 347 g/mol. The number of fused-ring (bicyclic) bond motifs is 2. The number of hydrogen-bond acceptors (Lipinski definition) is 5. The maximum atomic E-state index is 12.9. The Kier molecular flexibility index (Phi) is 3.79. The molecule has 2 heterocycles. The zero-order chi connectivity index (χ0) is 17.4. The van der Waals surface area contributed by atoms with Gasteiger partial charge in [-0.1, -0.05) is 12.1 Å². The maximum Gasteiger partial charge on any atom is 0.224 e. The molecule has 25 heavy (non-hydrogen) atoms. The number of aryl methyl sites for hydroxylation is 1. The zero-order valence-corrected chi connectivity index (χ0v) is 14.0. The summed E-state index contributed by atoms with van der Waals surface area (Å²) in [4.78, 5) is 28.7. The number of carbonyl (C=O) groups excluding carboxylic acids is 2. The number of benzene rings is 2. The molecule has 3 aromatic rings. The Labute approximate surface area is 147 Å². The molecule has 122 valence electrons. The van der Waals surface area contributed by atoms with Crippen molar-refractivity contribution in [3.05, 3.63) is 58.6 Å². The Morgan fingerprint density at radius 1 is 1.24 bits per heavy atom. The molecule has 0 fully saturated rings. The maximum absolute atomic E-state index is 12.9. The third-order valence-electron chi connectivity index (χ3n) is 4.23. The SMILES string of the molecule is N#C[C@H](C(=O)c1ccc2c(c1)CCC(=O)N2)c1nc2ccccc2s1. The van der Waals surface area contributed by atoms with Crippen LogP contribution in [0.4, 0.5) is 5.69 Å². The van der Waals surface area contributed by atoms with E-state index in [1.54, 1.807) is 18.2 Å². The molecule has 2 aromatic carbocycles. The molecule has 0 spiro atoms. The second-order valence-electron chi connectivity index (χ2n) is 5.87. The van der Waals surface area contributed by atoms with Crippen molar-refractivity contribution in [2.24, 2.45) is 0 Å². The fourth-order valence-corrected chi connectivity index (χ4v) is 3.95. The summed E-state index contributed by atoms with van der Waals surface area (Å²) in [6.07, 6.45) is 1.00. The average molecular weight is 347 g/mol. The van der Waals surface area contributed by atoms with E-state index in [0.717, 1.165) is 21.5 Å². The second kappa shape index (κ2) is 6.11. The van der Waals surface area contributed by atoms with E-state index >= 15 is 0 Å². The molecular weight excluding hydrogens is 334 g/mol. The molecule has 1 N–H and O–H groups in total. The van der Waals surface area contributed by atoms with Crippen molar-refractivity contribution in [1.82, 2.24) is 4.98 Å². The molecule has 0 unspecified atom stereocenters. The van der Waals surface area contributed by atoms with E-state index in [4.69, 9.17) is 0 Å². The summed E-state index contributed by atoms with van der Waals surface area (Å²) in [5.41, 5.74) is 2.93. The number of thiazole rings is 1. The van der Waals surface area contributed by atoms with Crippen molar-refractivity contribution in [2.45, 2.75) is 18.8 Å². The van der Waals surface area contributed by atoms with Crippen LogP contribution in [0.15, 0.2) is 42.5 Å². The van der Waals surface area contributed by atoms with E-state index in [0.29, 0.717) is 23.4 Å². The molecule has 0 aliphatic carbocycles. The van der Waals surface area contributed by atoms with Gasteiger partial charge in [0.1, 0.15) is 5.01 Å². The molecule has 1 aliphatic heterocycles. The third kappa shape index (κ3) is 2.79. The van der Waals surface area contributed by atoms with Crippen LogP contribution in [0.1, 0.15) is 33.3 Å². The van der Waals surface area contributed by atoms with Gasteiger partial charge in [-0.05, 0) is 42.3 Å². The fraction of sp³-hybridized carbons (Fsp3) is 0.158. The predicted molar refractivity (Wildman–Crippen MR) is 95.7 cm³/mol. The van der Waals surface area contributed by atoms with Gasteiger partial charge in [0.2, 0.25) is 5.91 Å². The first-order valence-corrected chi connectivity index (χ1v) is 8.69. The highest BCUT2D eigenvalue weighted by Gasteiger charge is 2.26. The second-order valence-corrected chi connectivity index (χ2v) is 6.93. The van der Waals surface area contributed by atoms with Gasteiger partial charge in [-0.3, -0.25) is 9.59 Å². The van der Waals surface area contributed by atoms with Crippen molar-refractivity contribution in [1.29, 1.82) is 5.26 Å². The summed E-state index contributed by atoms with van der Waals surface area (Å²) in [6, 6.07) is 14.8. The number of aromatic nitrogens is 1. The number of anilines is 1. The average Bonchev–Trinajstić information content (AvgIpc) is 3.05. The van der Waals surface area contributed by atoms with Crippen molar-refractivity contribution >= 4 is 38.9 Å². The number of para-hydroxylation sites is 1. The lowest BCUT2D eigenvalue weighted by molar-refractivity contribution is -0.116. The minimum Gasteiger partial charge on any atom is -0.326 e. The lowest BCUT2D eigenvalue weighted by Gasteiger charge is -2.17. The van der Waals surface area contributed by atoms with Crippen LogP contribution in [0, 0.1) is 11.3 Å². The van der Waals surface area contributed by atoms with E-state index in [1.807, 2.05) is 24.3 Å². The van der Waals surface area contributed by atoms with Gasteiger partial charge in [-0.25, -0.2) is 4.98 Å².